The lowest BCUT2D eigenvalue weighted by Gasteiger charge is -2.34. The van der Waals surface area contributed by atoms with Crippen LogP contribution in [0.4, 0.5) is 5.69 Å². The predicted octanol–water partition coefficient (Wildman–Crippen LogP) is 5.88. The Balaban J connectivity index is 1.79. The second kappa shape index (κ2) is 13.9. The molecule has 0 saturated carbocycles. The van der Waals surface area contributed by atoms with Gasteiger partial charge in [-0.1, -0.05) is 83.9 Å². The number of hydrogen-bond donors (Lipinski definition) is 1. The number of para-hydroxylation sites is 1. The summed E-state index contributed by atoms with van der Waals surface area (Å²) in [5.74, 6) is -0.917. The number of sulfonamides is 1. The summed E-state index contributed by atoms with van der Waals surface area (Å²) in [6.45, 7) is 1.30. The summed E-state index contributed by atoms with van der Waals surface area (Å²) < 4.78 is 29.1. The predicted molar refractivity (Wildman–Crippen MR) is 167 cm³/mol. The van der Waals surface area contributed by atoms with Crippen molar-refractivity contribution >= 4 is 50.7 Å². The molecule has 0 heterocycles. The average molecular weight is 625 g/mol. The number of likely N-dealkylation sites (N-methyl/N-ethyl adjacent to an activating group) is 1. The fraction of sp³-hybridized carbons (Fsp3) is 0.188. The van der Waals surface area contributed by atoms with Gasteiger partial charge < -0.3 is 10.2 Å². The van der Waals surface area contributed by atoms with Crippen LogP contribution in [0.1, 0.15) is 16.7 Å². The number of carbonyl (C=O) groups is 2. The van der Waals surface area contributed by atoms with Crippen molar-refractivity contribution in [1.29, 1.82) is 0 Å². The van der Waals surface area contributed by atoms with Crippen LogP contribution in [0.3, 0.4) is 0 Å². The second-order valence-corrected chi connectivity index (χ2v) is 12.5. The Labute approximate surface area is 256 Å². The van der Waals surface area contributed by atoms with Crippen molar-refractivity contribution < 1.29 is 18.0 Å². The van der Waals surface area contributed by atoms with Crippen molar-refractivity contribution in [2.24, 2.45) is 0 Å². The normalized spacial score (nSPS) is 11.9. The number of amides is 2. The fourth-order valence-corrected chi connectivity index (χ4v) is 6.33. The molecule has 7 nitrogen and oxygen atoms in total. The number of hydrogen-bond acceptors (Lipinski definition) is 4. The number of nitrogens with zero attached hydrogens (tertiary/aromatic N) is 2. The van der Waals surface area contributed by atoms with E-state index < -0.39 is 28.5 Å². The van der Waals surface area contributed by atoms with E-state index in [0.29, 0.717) is 21.3 Å². The van der Waals surface area contributed by atoms with Crippen LogP contribution < -0.4 is 9.62 Å². The molecule has 218 valence electrons. The van der Waals surface area contributed by atoms with Crippen molar-refractivity contribution in [1.82, 2.24) is 10.2 Å². The Morgan fingerprint density at radius 1 is 0.786 bits per heavy atom. The zero-order valence-corrected chi connectivity index (χ0v) is 25.5. The molecule has 4 aromatic rings. The van der Waals surface area contributed by atoms with Gasteiger partial charge >= 0.3 is 0 Å². The molecular formula is C32H31Cl2N3O4S. The van der Waals surface area contributed by atoms with Crippen molar-refractivity contribution in [3.63, 3.8) is 0 Å². The zero-order valence-electron chi connectivity index (χ0n) is 23.2. The summed E-state index contributed by atoms with van der Waals surface area (Å²) in [5.41, 5.74) is 2.60. The third kappa shape index (κ3) is 7.50. The van der Waals surface area contributed by atoms with E-state index in [2.05, 4.69) is 5.32 Å². The Morgan fingerprint density at radius 2 is 1.36 bits per heavy atom. The van der Waals surface area contributed by atoms with Crippen molar-refractivity contribution in [2.75, 3.05) is 17.9 Å². The van der Waals surface area contributed by atoms with E-state index in [9.17, 15) is 18.0 Å². The highest BCUT2D eigenvalue weighted by Gasteiger charge is 2.34. The van der Waals surface area contributed by atoms with Crippen molar-refractivity contribution in [3.8, 4) is 0 Å². The Hall–Kier alpha value is -3.85. The summed E-state index contributed by atoms with van der Waals surface area (Å²) in [6, 6.07) is 28.1. The molecule has 0 aliphatic carbocycles. The Bertz CT molecular complexity index is 1630. The first-order chi connectivity index (χ1) is 20.1. The summed E-state index contributed by atoms with van der Waals surface area (Å²) in [4.78, 5) is 29.0. The number of nitrogens with one attached hydrogen (secondary N) is 1. The first-order valence-corrected chi connectivity index (χ1v) is 15.4. The number of rotatable bonds is 11. The van der Waals surface area contributed by atoms with Crippen molar-refractivity contribution in [3.05, 3.63) is 130 Å². The largest absolute Gasteiger partial charge is 0.357 e. The van der Waals surface area contributed by atoms with E-state index in [0.717, 1.165) is 15.4 Å². The van der Waals surface area contributed by atoms with Gasteiger partial charge in [0.25, 0.3) is 10.0 Å². The van der Waals surface area contributed by atoms with E-state index in [1.165, 1.54) is 36.2 Å². The lowest BCUT2D eigenvalue weighted by Crippen LogP contribution is -2.53. The lowest BCUT2D eigenvalue weighted by molar-refractivity contribution is -0.139. The van der Waals surface area contributed by atoms with E-state index >= 15 is 0 Å². The molecule has 1 N–H and O–H groups in total. The first-order valence-electron chi connectivity index (χ1n) is 13.2. The molecule has 4 aromatic carbocycles. The van der Waals surface area contributed by atoms with Gasteiger partial charge in [-0.05, 0) is 66.1 Å². The van der Waals surface area contributed by atoms with Gasteiger partial charge in [0.15, 0.2) is 0 Å². The zero-order chi connectivity index (χ0) is 30.3. The molecule has 0 fully saturated rings. The highest BCUT2D eigenvalue weighted by atomic mass is 35.5. The minimum Gasteiger partial charge on any atom is -0.357 e. The molecule has 0 bridgehead atoms. The molecule has 0 radical (unpaired) electrons. The topological polar surface area (TPSA) is 86.8 Å². The molecule has 0 aromatic heterocycles. The van der Waals surface area contributed by atoms with Crippen LogP contribution in [-0.2, 0) is 32.6 Å². The molecule has 0 unspecified atom stereocenters. The summed E-state index contributed by atoms with van der Waals surface area (Å²) in [6.07, 6.45) is 0.230. The molecule has 1 atom stereocenters. The van der Waals surface area contributed by atoms with Crippen LogP contribution in [-0.4, -0.2) is 44.8 Å². The van der Waals surface area contributed by atoms with Crippen molar-refractivity contribution in [2.45, 2.75) is 30.8 Å². The van der Waals surface area contributed by atoms with Crippen LogP contribution in [0.15, 0.2) is 108 Å². The molecule has 0 saturated heterocycles. The standard InChI is InChI=1S/C32H31Cl2N3O4S/c1-23-8-6-7-11-29(23)37(42(40,41)28-18-16-27(34)17-19-28)22-31(38)36(21-25-12-14-26(33)15-13-25)30(32(39)35-2)20-24-9-4-3-5-10-24/h3-19,30H,20-22H2,1-2H3,(H,35,39)/t30-/m0/s1. The van der Waals surface area contributed by atoms with Gasteiger partial charge in [0.05, 0.1) is 10.6 Å². The maximum Gasteiger partial charge on any atom is 0.264 e. The molecule has 2 amide bonds. The maximum absolute atomic E-state index is 14.3. The monoisotopic (exact) mass is 623 g/mol. The molecule has 0 aliphatic heterocycles. The van der Waals surface area contributed by atoms with Gasteiger partial charge in [0.2, 0.25) is 11.8 Å². The Morgan fingerprint density at radius 3 is 1.95 bits per heavy atom. The smallest absolute Gasteiger partial charge is 0.264 e. The van der Waals surface area contributed by atoms with Gasteiger partial charge in [0.1, 0.15) is 12.6 Å². The lowest BCUT2D eigenvalue weighted by atomic mass is 10.0. The summed E-state index contributed by atoms with van der Waals surface area (Å²) in [7, 11) is -2.69. The van der Waals surface area contributed by atoms with Gasteiger partial charge in [-0.25, -0.2) is 8.42 Å². The highest BCUT2D eigenvalue weighted by Crippen LogP contribution is 2.28. The molecule has 42 heavy (non-hydrogen) atoms. The number of anilines is 1. The molecule has 0 aliphatic rings. The minimum atomic E-state index is -4.20. The molecule has 4 rings (SSSR count). The van der Waals surface area contributed by atoms with Gasteiger partial charge in [0, 0.05) is 30.1 Å². The number of halogens is 2. The highest BCUT2D eigenvalue weighted by molar-refractivity contribution is 7.92. The quantitative estimate of drug-likeness (QED) is 0.226. The summed E-state index contributed by atoms with van der Waals surface area (Å²) >= 11 is 12.1. The Kier molecular flexibility index (Phi) is 10.3. The summed E-state index contributed by atoms with van der Waals surface area (Å²) in [5, 5.41) is 3.59. The van der Waals surface area contributed by atoms with Crippen LogP contribution in [0.5, 0.6) is 0 Å². The van der Waals surface area contributed by atoms with E-state index in [1.807, 2.05) is 30.3 Å². The number of aryl methyl sites for hydroxylation is 1. The van der Waals surface area contributed by atoms with Gasteiger partial charge in [-0.2, -0.15) is 0 Å². The average Bonchev–Trinajstić information content (AvgIpc) is 2.99. The third-order valence-corrected chi connectivity index (χ3v) is 9.13. The number of benzene rings is 4. The molecule has 0 spiro atoms. The first kappa shape index (κ1) is 31.1. The number of carbonyl (C=O) groups excluding carboxylic acids is 2. The van der Waals surface area contributed by atoms with E-state index in [4.69, 9.17) is 23.2 Å². The van der Waals surface area contributed by atoms with Gasteiger partial charge in [-0.15, -0.1) is 0 Å². The van der Waals surface area contributed by atoms with E-state index in [1.54, 1.807) is 55.5 Å². The maximum atomic E-state index is 14.3. The van der Waals surface area contributed by atoms with Crippen LogP contribution in [0.25, 0.3) is 0 Å². The van der Waals surface area contributed by atoms with Crippen LogP contribution >= 0.6 is 23.2 Å². The molecule has 10 heteroatoms. The third-order valence-electron chi connectivity index (χ3n) is 6.85. The second-order valence-electron chi connectivity index (χ2n) is 9.72. The van der Waals surface area contributed by atoms with Gasteiger partial charge in [-0.3, -0.25) is 13.9 Å². The fourth-order valence-electron chi connectivity index (χ4n) is 4.60. The minimum absolute atomic E-state index is 0.0145. The van der Waals surface area contributed by atoms with E-state index in [-0.39, 0.29) is 23.8 Å². The van der Waals surface area contributed by atoms with Crippen LogP contribution in [0, 0.1) is 6.92 Å². The molecular weight excluding hydrogens is 593 g/mol. The van der Waals surface area contributed by atoms with Crippen LogP contribution in [0.2, 0.25) is 10.0 Å². The SMILES string of the molecule is CNC(=O)[C@H](Cc1ccccc1)N(Cc1ccc(Cl)cc1)C(=O)CN(c1ccccc1C)S(=O)(=O)c1ccc(Cl)cc1.